The van der Waals surface area contributed by atoms with Gasteiger partial charge in [0.1, 0.15) is 0 Å². The van der Waals surface area contributed by atoms with Gasteiger partial charge in [-0.3, -0.25) is 0 Å². The van der Waals surface area contributed by atoms with Gasteiger partial charge in [0.2, 0.25) is 0 Å². The molecule has 1 fully saturated rings. The number of hydrogen-bond donors (Lipinski definition) is 1. The molecule has 1 heterocycles. The Kier molecular flexibility index (Phi) is 5.48. The number of aliphatic hydroxyl groups is 1. The highest BCUT2D eigenvalue weighted by Gasteiger charge is 2.20. The van der Waals surface area contributed by atoms with Crippen LogP contribution in [-0.4, -0.2) is 43.4 Å². The van der Waals surface area contributed by atoms with Gasteiger partial charge >= 0.3 is 0 Å². The molecular weight excluding hydrogens is 285 g/mol. The molecule has 1 aliphatic heterocycles. The van der Waals surface area contributed by atoms with Crippen LogP contribution in [0.3, 0.4) is 0 Å². The van der Waals surface area contributed by atoms with Crippen molar-refractivity contribution in [3.63, 3.8) is 0 Å². The normalized spacial score (nSPS) is 21.0. The predicted molar refractivity (Wildman–Crippen MR) is 77.8 cm³/mol. The molecule has 106 valence electrons. The predicted octanol–water partition coefficient (Wildman–Crippen LogP) is 3.00. The Bertz CT molecular complexity index is 422. The lowest BCUT2D eigenvalue weighted by Crippen LogP contribution is -2.30. The van der Waals surface area contributed by atoms with E-state index in [0.29, 0.717) is 22.5 Å². The molecule has 1 aromatic carbocycles. The number of rotatable bonds is 5. The van der Waals surface area contributed by atoms with Crippen LogP contribution in [0.2, 0.25) is 10.0 Å². The maximum absolute atomic E-state index is 10.2. The Hall–Kier alpha value is -0.320. The average Bonchev–Trinajstić information content (AvgIpc) is 2.81. The molecular formula is C14H19Cl2NO2. The SMILES string of the molecule is CN(CC1CCOC1)CC(O)c1ccc(Cl)cc1Cl. The molecule has 0 saturated carbocycles. The maximum Gasteiger partial charge on any atom is 0.0931 e. The first-order valence-corrected chi connectivity index (χ1v) is 7.21. The number of halogens is 2. The van der Waals surface area contributed by atoms with Gasteiger partial charge in [0, 0.05) is 35.3 Å². The van der Waals surface area contributed by atoms with Gasteiger partial charge < -0.3 is 14.7 Å². The van der Waals surface area contributed by atoms with Gasteiger partial charge in [0.25, 0.3) is 0 Å². The highest BCUT2D eigenvalue weighted by atomic mass is 35.5. The molecule has 1 aromatic rings. The molecule has 2 rings (SSSR count). The van der Waals surface area contributed by atoms with E-state index in [4.69, 9.17) is 27.9 Å². The van der Waals surface area contributed by atoms with E-state index in [1.165, 1.54) is 0 Å². The van der Waals surface area contributed by atoms with Gasteiger partial charge in [-0.25, -0.2) is 0 Å². The van der Waals surface area contributed by atoms with Crippen molar-refractivity contribution in [3.05, 3.63) is 33.8 Å². The minimum Gasteiger partial charge on any atom is -0.387 e. The summed E-state index contributed by atoms with van der Waals surface area (Å²) in [6, 6.07) is 5.19. The van der Waals surface area contributed by atoms with Crippen LogP contribution in [-0.2, 0) is 4.74 Å². The van der Waals surface area contributed by atoms with E-state index in [1.54, 1.807) is 18.2 Å². The van der Waals surface area contributed by atoms with E-state index in [0.717, 1.165) is 31.7 Å². The molecule has 5 heteroatoms. The Morgan fingerprint density at radius 3 is 2.89 bits per heavy atom. The molecule has 1 aliphatic rings. The third-order valence-electron chi connectivity index (χ3n) is 3.40. The third kappa shape index (κ3) is 4.33. The zero-order valence-corrected chi connectivity index (χ0v) is 12.5. The smallest absolute Gasteiger partial charge is 0.0931 e. The van der Waals surface area contributed by atoms with E-state index in [2.05, 4.69) is 4.90 Å². The van der Waals surface area contributed by atoms with Gasteiger partial charge in [0.05, 0.1) is 12.7 Å². The fourth-order valence-corrected chi connectivity index (χ4v) is 2.94. The lowest BCUT2D eigenvalue weighted by atomic mass is 10.1. The van der Waals surface area contributed by atoms with Crippen molar-refractivity contribution in [2.75, 3.05) is 33.4 Å². The van der Waals surface area contributed by atoms with E-state index in [1.807, 2.05) is 7.05 Å². The van der Waals surface area contributed by atoms with Crippen molar-refractivity contribution < 1.29 is 9.84 Å². The van der Waals surface area contributed by atoms with E-state index >= 15 is 0 Å². The summed E-state index contributed by atoms with van der Waals surface area (Å²) in [5.41, 5.74) is 0.723. The molecule has 0 bridgehead atoms. The highest BCUT2D eigenvalue weighted by Crippen LogP contribution is 2.27. The van der Waals surface area contributed by atoms with Crippen LogP contribution < -0.4 is 0 Å². The Morgan fingerprint density at radius 2 is 2.26 bits per heavy atom. The average molecular weight is 304 g/mol. The minimum absolute atomic E-state index is 0.512. The molecule has 1 N–H and O–H groups in total. The van der Waals surface area contributed by atoms with Crippen LogP contribution in [0.1, 0.15) is 18.1 Å². The van der Waals surface area contributed by atoms with Crippen molar-refractivity contribution in [3.8, 4) is 0 Å². The first-order valence-electron chi connectivity index (χ1n) is 6.45. The van der Waals surface area contributed by atoms with Gasteiger partial charge in [0.15, 0.2) is 0 Å². The van der Waals surface area contributed by atoms with E-state index in [9.17, 15) is 5.11 Å². The van der Waals surface area contributed by atoms with Crippen LogP contribution in [0.4, 0.5) is 0 Å². The third-order valence-corrected chi connectivity index (χ3v) is 3.96. The number of aliphatic hydroxyl groups excluding tert-OH is 1. The van der Waals surface area contributed by atoms with Crippen LogP contribution in [0.25, 0.3) is 0 Å². The summed E-state index contributed by atoms with van der Waals surface area (Å²) in [5, 5.41) is 11.3. The van der Waals surface area contributed by atoms with Crippen molar-refractivity contribution in [1.82, 2.24) is 4.90 Å². The molecule has 0 aliphatic carbocycles. The van der Waals surface area contributed by atoms with Crippen molar-refractivity contribution in [2.24, 2.45) is 5.92 Å². The summed E-state index contributed by atoms with van der Waals surface area (Å²) in [6.07, 6.45) is 0.499. The van der Waals surface area contributed by atoms with Crippen LogP contribution in [0.15, 0.2) is 18.2 Å². The Labute approximate surface area is 124 Å². The topological polar surface area (TPSA) is 32.7 Å². The van der Waals surface area contributed by atoms with Gasteiger partial charge in [-0.1, -0.05) is 29.3 Å². The lowest BCUT2D eigenvalue weighted by molar-refractivity contribution is 0.113. The zero-order valence-electron chi connectivity index (χ0n) is 11.0. The van der Waals surface area contributed by atoms with Crippen LogP contribution in [0, 0.1) is 5.92 Å². The number of benzene rings is 1. The van der Waals surface area contributed by atoms with E-state index in [-0.39, 0.29) is 0 Å². The fraction of sp³-hybridized carbons (Fsp3) is 0.571. The highest BCUT2D eigenvalue weighted by molar-refractivity contribution is 6.35. The number of hydrogen-bond acceptors (Lipinski definition) is 3. The molecule has 0 amide bonds. The summed E-state index contributed by atoms with van der Waals surface area (Å²) in [5.74, 6) is 0.567. The Balaban J connectivity index is 1.90. The summed E-state index contributed by atoms with van der Waals surface area (Å²) in [6.45, 7) is 3.16. The molecule has 19 heavy (non-hydrogen) atoms. The number of likely N-dealkylation sites (N-methyl/N-ethyl adjacent to an activating group) is 1. The Morgan fingerprint density at radius 1 is 1.47 bits per heavy atom. The molecule has 3 nitrogen and oxygen atoms in total. The standard InChI is InChI=1S/C14H19Cl2NO2/c1-17(7-10-4-5-19-9-10)8-14(18)12-3-2-11(15)6-13(12)16/h2-3,6,10,14,18H,4-5,7-9H2,1H3. The maximum atomic E-state index is 10.2. The number of ether oxygens (including phenoxy) is 1. The molecule has 1 saturated heterocycles. The number of nitrogens with zero attached hydrogens (tertiary/aromatic N) is 1. The summed E-state index contributed by atoms with van der Waals surface area (Å²) in [4.78, 5) is 2.12. The zero-order chi connectivity index (χ0) is 13.8. The molecule has 0 spiro atoms. The largest absolute Gasteiger partial charge is 0.387 e. The summed E-state index contributed by atoms with van der Waals surface area (Å²) in [7, 11) is 2.01. The van der Waals surface area contributed by atoms with E-state index < -0.39 is 6.10 Å². The van der Waals surface area contributed by atoms with Gasteiger partial charge in [-0.2, -0.15) is 0 Å². The van der Waals surface area contributed by atoms with Crippen molar-refractivity contribution >= 4 is 23.2 Å². The lowest BCUT2D eigenvalue weighted by Gasteiger charge is -2.23. The van der Waals surface area contributed by atoms with Gasteiger partial charge in [-0.05, 0) is 31.5 Å². The quantitative estimate of drug-likeness (QED) is 0.908. The van der Waals surface area contributed by atoms with Gasteiger partial charge in [-0.15, -0.1) is 0 Å². The fourth-order valence-electron chi connectivity index (χ4n) is 2.41. The minimum atomic E-state index is -0.600. The first kappa shape index (κ1) is 15.1. The second kappa shape index (κ2) is 6.91. The molecule has 0 aromatic heterocycles. The summed E-state index contributed by atoms with van der Waals surface area (Å²) < 4.78 is 5.35. The molecule has 2 unspecified atom stereocenters. The van der Waals surface area contributed by atoms with Crippen LogP contribution >= 0.6 is 23.2 Å². The van der Waals surface area contributed by atoms with Crippen molar-refractivity contribution in [2.45, 2.75) is 12.5 Å². The first-order chi connectivity index (χ1) is 9.06. The monoisotopic (exact) mass is 303 g/mol. The van der Waals surface area contributed by atoms with Crippen molar-refractivity contribution in [1.29, 1.82) is 0 Å². The second-order valence-electron chi connectivity index (χ2n) is 5.13. The molecule has 0 radical (unpaired) electrons. The molecule has 2 atom stereocenters. The van der Waals surface area contributed by atoms with Crippen LogP contribution in [0.5, 0.6) is 0 Å². The summed E-state index contributed by atoms with van der Waals surface area (Å²) >= 11 is 11.9. The second-order valence-corrected chi connectivity index (χ2v) is 5.98.